The van der Waals surface area contributed by atoms with Crippen LogP contribution in [0.15, 0.2) is 34.9 Å². The molecule has 4 rings (SSSR count). The maximum atomic E-state index is 9.49. The van der Waals surface area contributed by atoms with Gasteiger partial charge in [0.25, 0.3) is 5.95 Å². The van der Waals surface area contributed by atoms with E-state index in [1.807, 2.05) is 0 Å². The second-order valence-electron chi connectivity index (χ2n) is 6.32. The van der Waals surface area contributed by atoms with Gasteiger partial charge in [0.1, 0.15) is 11.6 Å². The first-order valence-electron chi connectivity index (χ1n) is 9.52. The topological polar surface area (TPSA) is 154 Å². The van der Waals surface area contributed by atoms with Crippen molar-refractivity contribution in [1.82, 2.24) is 29.7 Å². The van der Waals surface area contributed by atoms with Crippen molar-refractivity contribution >= 4 is 29.1 Å². The average Bonchev–Trinajstić information content (AvgIpc) is 3.26. The number of hydrogen-bond donors (Lipinski definition) is 2. The number of ether oxygens (including phenoxy) is 1. The van der Waals surface area contributed by atoms with E-state index in [-0.39, 0.29) is 17.3 Å². The Hall–Kier alpha value is -4.18. The van der Waals surface area contributed by atoms with Crippen molar-refractivity contribution in [3.05, 3.63) is 30.2 Å². The largest absolute Gasteiger partial charge is 0.378 e. The minimum absolute atomic E-state index is 0.210. The SMILES string of the molecule is CNc1nc(NC)c(/N=N/c2c(C#N)cnn2-c2ncccn2)c(N2CCOCC2)n1. The highest BCUT2D eigenvalue weighted by atomic mass is 16.5. The average molecular weight is 420 g/mol. The van der Waals surface area contributed by atoms with Crippen LogP contribution in [0.1, 0.15) is 5.56 Å². The van der Waals surface area contributed by atoms with E-state index in [9.17, 15) is 5.26 Å². The van der Waals surface area contributed by atoms with Crippen molar-refractivity contribution in [2.45, 2.75) is 0 Å². The molecule has 4 heterocycles. The Morgan fingerprint density at radius 1 is 1.10 bits per heavy atom. The van der Waals surface area contributed by atoms with E-state index in [0.29, 0.717) is 49.6 Å². The molecule has 1 fully saturated rings. The van der Waals surface area contributed by atoms with Gasteiger partial charge in [-0.05, 0) is 6.07 Å². The maximum absolute atomic E-state index is 9.49. The standard InChI is InChI=1S/C18H20N12O/c1-20-14-13(16(26-17(21-2)25-14)29-6-8-31-9-7-29)27-28-15-12(10-19)11-24-30(15)18-22-4-3-5-23-18/h3-5,11H,6-9H2,1-2H3,(H2,20,21,25,26)/b28-27+. The number of hydrogen-bond acceptors (Lipinski definition) is 12. The van der Waals surface area contributed by atoms with Crippen LogP contribution >= 0.6 is 0 Å². The number of aromatic nitrogens is 6. The van der Waals surface area contributed by atoms with Gasteiger partial charge in [-0.1, -0.05) is 0 Å². The summed E-state index contributed by atoms with van der Waals surface area (Å²) in [5, 5.41) is 28.4. The highest BCUT2D eigenvalue weighted by Gasteiger charge is 2.22. The summed E-state index contributed by atoms with van der Waals surface area (Å²) in [5.74, 6) is 2.04. The van der Waals surface area contributed by atoms with Crippen molar-refractivity contribution < 1.29 is 4.74 Å². The third-order valence-electron chi connectivity index (χ3n) is 4.49. The molecule has 0 saturated carbocycles. The molecular weight excluding hydrogens is 400 g/mol. The van der Waals surface area contributed by atoms with Gasteiger partial charge >= 0.3 is 0 Å². The van der Waals surface area contributed by atoms with E-state index < -0.39 is 0 Å². The van der Waals surface area contributed by atoms with Crippen LogP contribution in [0.2, 0.25) is 0 Å². The van der Waals surface area contributed by atoms with Crippen molar-refractivity contribution in [2.75, 3.05) is 55.9 Å². The Kier molecular flexibility index (Phi) is 5.90. The number of nitrogens with one attached hydrogen (secondary N) is 2. The summed E-state index contributed by atoms with van der Waals surface area (Å²) in [4.78, 5) is 19.4. The predicted octanol–water partition coefficient (Wildman–Crippen LogP) is 1.66. The summed E-state index contributed by atoms with van der Waals surface area (Å²) in [6, 6.07) is 3.76. The molecule has 158 valence electrons. The molecule has 1 aliphatic heterocycles. The van der Waals surface area contributed by atoms with Crippen LogP contribution in [0.5, 0.6) is 0 Å². The van der Waals surface area contributed by atoms with E-state index in [0.717, 1.165) is 0 Å². The van der Waals surface area contributed by atoms with Gasteiger partial charge in [0.15, 0.2) is 23.1 Å². The van der Waals surface area contributed by atoms with Gasteiger partial charge in [0.05, 0.1) is 19.4 Å². The first-order chi connectivity index (χ1) is 15.2. The van der Waals surface area contributed by atoms with Crippen LogP contribution in [-0.4, -0.2) is 70.1 Å². The predicted molar refractivity (Wildman–Crippen MR) is 112 cm³/mol. The minimum atomic E-state index is 0.210. The number of anilines is 3. The molecule has 0 aromatic carbocycles. The fraction of sp³-hybridized carbons (Fsp3) is 0.333. The summed E-state index contributed by atoms with van der Waals surface area (Å²) >= 11 is 0. The zero-order valence-corrected chi connectivity index (χ0v) is 17.0. The normalized spacial score (nSPS) is 13.9. The lowest BCUT2D eigenvalue weighted by atomic mass is 10.3. The molecule has 13 heteroatoms. The van der Waals surface area contributed by atoms with Gasteiger partial charge < -0.3 is 20.3 Å². The minimum Gasteiger partial charge on any atom is -0.378 e. The quantitative estimate of drug-likeness (QED) is 0.562. The molecule has 0 amide bonds. The Morgan fingerprint density at radius 2 is 1.87 bits per heavy atom. The molecule has 1 aliphatic rings. The number of nitriles is 1. The summed E-state index contributed by atoms with van der Waals surface area (Å²) in [6.07, 6.45) is 4.56. The van der Waals surface area contributed by atoms with Crippen LogP contribution < -0.4 is 15.5 Å². The maximum Gasteiger partial charge on any atom is 0.252 e. The van der Waals surface area contributed by atoms with Gasteiger partial charge in [-0.15, -0.1) is 10.2 Å². The fourth-order valence-corrected chi connectivity index (χ4v) is 2.98. The van der Waals surface area contributed by atoms with Crippen LogP contribution in [-0.2, 0) is 4.74 Å². The Bertz CT molecular complexity index is 1110. The molecular formula is C18H20N12O. The first-order valence-corrected chi connectivity index (χ1v) is 9.52. The van der Waals surface area contributed by atoms with Crippen molar-refractivity contribution in [3.63, 3.8) is 0 Å². The number of morpholine rings is 1. The number of azo groups is 1. The third-order valence-corrected chi connectivity index (χ3v) is 4.49. The van der Waals surface area contributed by atoms with Gasteiger partial charge in [-0.25, -0.2) is 9.97 Å². The molecule has 0 atom stereocenters. The molecule has 3 aromatic rings. The molecule has 0 radical (unpaired) electrons. The Labute approximate surface area is 177 Å². The summed E-state index contributed by atoms with van der Waals surface area (Å²) in [5.41, 5.74) is 0.678. The van der Waals surface area contributed by atoms with Crippen molar-refractivity contribution in [3.8, 4) is 12.0 Å². The van der Waals surface area contributed by atoms with Crippen LogP contribution in [0.25, 0.3) is 5.95 Å². The highest BCUT2D eigenvalue weighted by molar-refractivity contribution is 5.76. The lowest BCUT2D eigenvalue weighted by Gasteiger charge is -2.29. The van der Waals surface area contributed by atoms with Crippen LogP contribution in [0.3, 0.4) is 0 Å². The van der Waals surface area contributed by atoms with Crippen molar-refractivity contribution in [1.29, 1.82) is 5.26 Å². The van der Waals surface area contributed by atoms with Crippen molar-refractivity contribution in [2.24, 2.45) is 10.2 Å². The summed E-state index contributed by atoms with van der Waals surface area (Å²) in [7, 11) is 3.49. The third kappa shape index (κ3) is 4.09. The second kappa shape index (κ2) is 9.09. The monoisotopic (exact) mass is 420 g/mol. The first kappa shape index (κ1) is 20.1. The zero-order valence-electron chi connectivity index (χ0n) is 17.0. The van der Waals surface area contributed by atoms with Gasteiger partial charge in [0.2, 0.25) is 5.95 Å². The number of rotatable bonds is 6. The van der Waals surface area contributed by atoms with Crippen LogP contribution in [0, 0.1) is 11.3 Å². The van der Waals surface area contributed by atoms with Gasteiger partial charge in [0, 0.05) is 39.6 Å². The molecule has 0 unspecified atom stereocenters. The lowest BCUT2D eigenvalue weighted by molar-refractivity contribution is 0.122. The second-order valence-corrected chi connectivity index (χ2v) is 6.32. The molecule has 0 spiro atoms. The zero-order chi connectivity index (χ0) is 21.6. The molecule has 2 N–H and O–H groups in total. The molecule has 3 aromatic heterocycles. The van der Waals surface area contributed by atoms with Gasteiger partial charge in [-0.2, -0.15) is 25.0 Å². The van der Waals surface area contributed by atoms with E-state index >= 15 is 0 Å². The molecule has 1 saturated heterocycles. The fourth-order valence-electron chi connectivity index (χ4n) is 2.98. The highest BCUT2D eigenvalue weighted by Crippen LogP contribution is 2.36. The molecule has 13 nitrogen and oxygen atoms in total. The van der Waals surface area contributed by atoms with E-state index in [1.165, 1.54) is 10.9 Å². The van der Waals surface area contributed by atoms with E-state index in [1.54, 1.807) is 32.6 Å². The molecule has 0 aliphatic carbocycles. The Balaban J connectivity index is 1.81. The summed E-state index contributed by atoms with van der Waals surface area (Å²) in [6.45, 7) is 2.48. The van der Waals surface area contributed by atoms with Crippen LogP contribution in [0.4, 0.5) is 29.1 Å². The lowest BCUT2D eigenvalue weighted by Crippen LogP contribution is -2.37. The summed E-state index contributed by atoms with van der Waals surface area (Å²) < 4.78 is 6.82. The molecule has 0 bridgehead atoms. The number of nitrogens with zero attached hydrogens (tertiary/aromatic N) is 10. The van der Waals surface area contributed by atoms with Gasteiger partial charge in [-0.3, -0.25) is 0 Å². The van der Waals surface area contributed by atoms with E-state index in [4.69, 9.17) is 4.74 Å². The Morgan fingerprint density at radius 3 is 2.55 bits per heavy atom. The smallest absolute Gasteiger partial charge is 0.252 e. The van der Waals surface area contributed by atoms with E-state index in [2.05, 4.69) is 56.9 Å². The molecule has 31 heavy (non-hydrogen) atoms.